The van der Waals surface area contributed by atoms with Crippen molar-refractivity contribution >= 4 is 17.3 Å². The molecule has 1 amide bonds. The van der Waals surface area contributed by atoms with Crippen molar-refractivity contribution in [3.8, 4) is 6.07 Å². The van der Waals surface area contributed by atoms with E-state index in [1.165, 1.54) is 13.2 Å². The number of nitrogens with zero attached hydrogens (tertiary/aromatic N) is 1. The van der Waals surface area contributed by atoms with Gasteiger partial charge in [-0.05, 0) is 31.5 Å². The highest BCUT2D eigenvalue weighted by atomic mass is 16.5. The van der Waals surface area contributed by atoms with Crippen LogP contribution in [-0.2, 0) is 9.53 Å². The van der Waals surface area contributed by atoms with Crippen LogP contribution in [0.25, 0.3) is 0 Å². The number of hydrogen-bond donors (Lipinski definition) is 2. The number of carbonyl (C=O) groups excluding carboxylic acids is 1. The van der Waals surface area contributed by atoms with E-state index in [2.05, 4.69) is 5.32 Å². The van der Waals surface area contributed by atoms with Gasteiger partial charge in [0.1, 0.15) is 11.7 Å². The third-order valence-electron chi connectivity index (χ3n) is 3.02. The maximum Gasteiger partial charge on any atom is 0.256 e. The molecule has 0 spiro atoms. The molecule has 1 aromatic carbocycles. The average Bonchev–Trinajstić information content (AvgIpc) is 2.39. The summed E-state index contributed by atoms with van der Waals surface area (Å²) >= 11 is 0. The SMILES string of the molecule is CCC(C)(OC)C(=O)Nc1ccc(N)cc1C#N. The first-order valence-corrected chi connectivity index (χ1v) is 5.63. The normalized spacial score (nSPS) is 13.4. The molecule has 96 valence electrons. The van der Waals surface area contributed by atoms with E-state index < -0.39 is 5.60 Å². The molecule has 3 N–H and O–H groups in total. The van der Waals surface area contributed by atoms with E-state index in [1.807, 2.05) is 13.0 Å². The maximum atomic E-state index is 12.1. The number of methoxy groups -OCH3 is 1. The van der Waals surface area contributed by atoms with Crippen molar-refractivity contribution in [3.05, 3.63) is 23.8 Å². The van der Waals surface area contributed by atoms with E-state index in [0.717, 1.165) is 0 Å². The first-order chi connectivity index (χ1) is 8.46. The topological polar surface area (TPSA) is 88.1 Å². The van der Waals surface area contributed by atoms with E-state index in [0.29, 0.717) is 23.4 Å². The highest BCUT2D eigenvalue weighted by molar-refractivity contribution is 5.98. The molecule has 0 radical (unpaired) electrons. The quantitative estimate of drug-likeness (QED) is 0.795. The largest absolute Gasteiger partial charge is 0.399 e. The predicted octanol–water partition coefficient (Wildman–Crippen LogP) is 1.89. The van der Waals surface area contributed by atoms with Gasteiger partial charge in [-0.25, -0.2) is 0 Å². The molecule has 1 rings (SSSR count). The van der Waals surface area contributed by atoms with Crippen molar-refractivity contribution in [2.45, 2.75) is 25.9 Å². The van der Waals surface area contributed by atoms with Gasteiger partial charge in [0.2, 0.25) is 0 Å². The van der Waals surface area contributed by atoms with Gasteiger partial charge in [0.15, 0.2) is 0 Å². The fraction of sp³-hybridized carbons (Fsp3) is 0.385. The van der Waals surface area contributed by atoms with E-state index in [4.69, 9.17) is 15.7 Å². The van der Waals surface area contributed by atoms with Crippen LogP contribution < -0.4 is 11.1 Å². The summed E-state index contributed by atoms with van der Waals surface area (Å²) in [7, 11) is 1.48. The zero-order valence-electron chi connectivity index (χ0n) is 10.8. The number of anilines is 2. The molecule has 0 aliphatic rings. The minimum absolute atomic E-state index is 0.284. The molecule has 0 heterocycles. The molecule has 0 aromatic heterocycles. The summed E-state index contributed by atoms with van der Waals surface area (Å²) in [6, 6.07) is 6.75. The molecule has 0 bridgehead atoms. The summed E-state index contributed by atoms with van der Waals surface area (Å²) in [5.74, 6) is -0.284. The minimum Gasteiger partial charge on any atom is -0.399 e. The Kier molecular flexibility index (Phi) is 4.29. The van der Waals surface area contributed by atoms with Crippen LogP contribution in [-0.4, -0.2) is 18.6 Å². The maximum absolute atomic E-state index is 12.1. The van der Waals surface area contributed by atoms with E-state index in [1.54, 1.807) is 19.1 Å². The number of nitriles is 1. The first-order valence-electron chi connectivity index (χ1n) is 5.63. The molecule has 5 heteroatoms. The van der Waals surface area contributed by atoms with Crippen LogP contribution in [0.5, 0.6) is 0 Å². The Hall–Kier alpha value is -2.06. The van der Waals surface area contributed by atoms with Crippen LogP contribution in [0.3, 0.4) is 0 Å². The monoisotopic (exact) mass is 247 g/mol. The highest BCUT2D eigenvalue weighted by Gasteiger charge is 2.31. The number of hydrogen-bond acceptors (Lipinski definition) is 4. The molecule has 18 heavy (non-hydrogen) atoms. The van der Waals surface area contributed by atoms with Gasteiger partial charge in [0, 0.05) is 12.8 Å². The summed E-state index contributed by atoms with van der Waals surface area (Å²) in [6.45, 7) is 3.56. The van der Waals surface area contributed by atoms with Crippen molar-refractivity contribution in [3.63, 3.8) is 0 Å². The number of nitrogens with two attached hydrogens (primary N) is 1. The molecule has 0 saturated carbocycles. The lowest BCUT2D eigenvalue weighted by Gasteiger charge is -2.25. The molecular formula is C13H17N3O2. The Labute approximate surface area is 107 Å². The Bertz CT molecular complexity index is 487. The molecule has 1 aromatic rings. The Morgan fingerprint density at radius 3 is 2.78 bits per heavy atom. The van der Waals surface area contributed by atoms with Crippen molar-refractivity contribution in [2.75, 3.05) is 18.2 Å². The summed E-state index contributed by atoms with van der Waals surface area (Å²) in [5.41, 5.74) is 5.93. The third-order valence-corrected chi connectivity index (χ3v) is 3.02. The number of rotatable bonds is 4. The third kappa shape index (κ3) is 2.79. The van der Waals surface area contributed by atoms with Gasteiger partial charge in [0.05, 0.1) is 11.3 Å². The van der Waals surface area contributed by atoms with Crippen molar-refractivity contribution in [2.24, 2.45) is 0 Å². The van der Waals surface area contributed by atoms with E-state index in [-0.39, 0.29) is 5.91 Å². The standard InChI is InChI=1S/C13H17N3O2/c1-4-13(2,18-3)12(17)16-11-6-5-10(15)7-9(11)8-14/h5-7H,4,15H2,1-3H3,(H,16,17). The Balaban J connectivity index is 2.99. The molecule has 0 aliphatic heterocycles. The molecule has 0 aliphatic carbocycles. The lowest BCUT2D eigenvalue weighted by molar-refractivity contribution is -0.136. The summed E-state index contributed by atoms with van der Waals surface area (Å²) in [6.07, 6.45) is 0.534. The second-order valence-electron chi connectivity index (χ2n) is 4.16. The zero-order chi connectivity index (χ0) is 13.8. The fourth-order valence-electron chi connectivity index (χ4n) is 1.42. The second-order valence-corrected chi connectivity index (χ2v) is 4.16. The smallest absolute Gasteiger partial charge is 0.256 e. The van der Waals surface area contributed by atoms with Gasteiger partial charge in [-0.1, -0.05) is 6.92 Å². The molecular weight excluding hydrogens is 230 g/mol. The van der Waals surface area contributed by atoms with Gasteiger partial charge in [-0.3, -0.25) is 4.79 Å². The zero-order valence-corrected chi connectivity index (χ0v) is 10.8. The molecule has 0 fully saturated rings. The van der Waals surface area contributed by atoms with Gasteiger partial charge < -0.3 is 15.8 Å². The molecule has 1 unspecified atom stereocenters. The van der Waals surface area contributed by atoms with Crippen LogP contribution in [0.4, 0.5) is 11.4 Å². The van der Waals surface area contributed by atoms with Crippen molar-refractivity contribution in [1.82, 2.24) is 0 Å². The van der Waals surface area contributed by atoms with Gasteiger partial charge in [0.25, 0.3) is 5.91 Å². The summed E-state index contributed by atoms with van der Waals surface area (Å²) in [4.78, 5) is 12.1. The minimum atomic E-state index is -0.909. The van der Waals surface area contributed by atoms with Gasteiger partial charge >= 0.3 is 0 Å². The number of amides is 1. The lowest BCUT2D eigenvalue weighted by atomic mass is 10.0. The second kappa shape index (κ2) is 5.52. The number of benzene rings is 1. The molecule has 5 nitrogen and oxygen atoms in total. The highest BCUT2D eigenvalue weighted by Crippen LogP contribution is 2.21. The first kappa shape index (κ1) is 14.0. The number of nitrogen functional groups attached to an aromatic ring is 1. The van der Waals surface area contributed by atoms with Crippen LogP contribution >= 0.6 is 0 Å². The van der Waals surface area contributed by atoms with Crippen LogP contribution in [0.1, 0.15) is 25.8 Å². The molecule has 1 atom stereocenters. The fourth-order valence-corrected chi connectivity index (χ4v) is 1.42. The number of nitrogens with one attached hydrogen (secondary N) is 1. The average molecular weight is 247 g/mol. The summed E-state index contributed by atoms with van der Waals surface area (Å²) < 4.78 is 5.20. The van der Waals surface area contributed by atoms with Crippen LogP contribution in [0.2, 0.25) is 0 Å². The number of ether oxygens (including phenoxy) is 1. The lowest BCUT2D eigenvalue weighted by Crippen LogP contribution is -2.41. The molecule has 0 saturated heterocycles. The Morgan fingerprint density at radius 1 is 1.61 bits per heavy atom. The Morgan fingerprint density at radius 2 is 2.28 bits per heavy atom. The van der Waals surface area contributed by atoms with Crippen LogP contribution in [0.15, 0.2) is 18.2 Å². The van der Waals surface area contributed by atoms with Crippen LogP contribution in [0, 0.1) is 11.3 Å². The predicted molar refractivity (Wildman–Crippen MR) is 69.9 cm³/mol. The van der Waals surface area contributed by atoms with Crippen molar-refractivity contribution < 1.29 is 9.53 Å². The van der Waals surface area contributed by atoms with Gasteiger partial charge in [-0.2, -0.15) is 5.26 Å². The summed E-state index contributed by atoms with van der Waals surface area (Å²) in [5, 5.41) is 11.7. The van der Waals surface area contributed by atoms with Crippen molar-refractivity contribution in [1.29, 1.82) is 5.26 Å². The van der Waals surface area contributed by atoms with Gasteiger partial charge in [-0.15, -0.1) is 0 Å². The number of carbonyl (C=O) groups is 1. The van der Waals surface area contributed by atoms with E-state index in [9.17, 15) is 4.79 Å². The van der Waals surface area contributed by atoms with E-state index >= 15 is 0 Å².